The van der Waals surface area contributed by atoms with Gasteiger partial charge in [0, 0.05) is 7.11 Å². The van der Waals surface area contributed by atoms with E-state index in [0.717, 1.165) is 29.2 Å². The number of rotatable bonds is 14. The highest BCUT2D eigenvalue weighted by Gasteiger charge is 2.53. The predicted octanol–water partition coefficient (Wildman–Crippen LogP) is 3.46. The molecule has 0 aliphatic carbocycles. The van der Waals surface area contributed by atoms with E-state index in [1.807, 2.05) is 91.0 Å². The summed E-state index contributed by atoms with van der Waals surface area (Å²) < 4.78 is 83.8. The summed E-state index contributed by atoms with van der Waals surface area (Å²) in [5.74, 6) is 0. The van der Waals surface area contributed by atoms with Gasteiger partial charge in [0.05, 0.1) is 25.2 Å². The van der Waals surface area contributed by atoms with Gasteiger partial charge < -0.3 is 18.9 Å². The summed E-state index contributed by atoms with van der Waals surface area (Å²) >= 11 is 0. The van der Waals surface area contributed by atoms with Crippen LogP contribution in [0.5, 0.6) is 0 Å². The fraction of sp³-hybridized carbons (Fsp3) is 0.400. The summed E-state index contributed by atoms with van der Waals surface area (Å²) in [6, 6.07) is 28.8. The van der Waals surface area contributed by atoms with E-state index in [4.69, 9.17) is 27.3 Å². The fourth-order valence-corrected chi connectivity index (χ4v) is 6.40. The number of hydrogen-bond donors (Lipinski definition) is 0. The largest absolute Gasteiger partial charge is 0.364 e. The van der Waals surface area contributed by atoms with Crippen LogP contribution in [-0.4, -0.2) is 80.4 Å². The fourth-order valence-electron chi connectivity index (χ4n) is 5.14. The summed E-state index contributed by atoms with van der Waals surface area (Å²) in [6.07, 6.45) is -3.83. The molecule has 0 saturated carbocycles. The van der Waals surface area contributed by atoms with Gasteiger partial charge in [-0.2, -0.15) is 16.8 Å². The number of benzene rings is 3. The highest BCUT2D eigenvalue weighted by Crippen LogP contribution is 2.42. The van der Waals surface area contributed by atoms with E-state index in [1.165, 1.54) is 7.11 Å². The molecule has 1 aliphatic rings. The van der Waals surface area contributed by atoms with Gasteiger partial charge in [0.2, 0.25) is 0 Å². The van der Waals surface area contributed by atoms with Crippen LogP contribution in [0.2, 0.25) is 0 Å². The van der Waals surface area contributed by atoms with Crippen molar-refractivity contribution in [2.75, 3.05) is 33.0 Å². The monoisotopic (exact) mass is 620 g/mol. The van der Waals surface area contributed by atoms with Crippen molar-refractivity contribution in [1.82, 2.24) is 0 Å². The van der Waals surface area contributed by atoms with Crippen molar-refractivity contribution in [3.8, 4) is 0 Å². The van der Waals surface area contributed by atoms with E-state index in [9.17, 15) is 16.8 Å². The Bertz CT molecular complexity index is 1390. The Hall–Kier alpha value is -2.68. The van der Waals surface area contributed by atoms with Crippen LogP contribution in [0, 0.1) is 0 Å². The van der Waals surface area contributed by atoms with Gasteiger partial charge in [0.1, 0.15) is 36.8 Å². The first-order chi connectivity index (χ1) is 19.9. The van der Waals surface area contributed by atoms with Crippen LogP contribution in [0.25, 0.3) is 0 Å². The van der Waals surface area contributed by atoms with Crippen LogP contribution in [0.3, 0.4) is 0 Å². The Kier molecular flexibility index (Phi) is 10.5. The zero-order chi connectivity index (χ0) is 30.4. The minimum absolute atomic E-state index is 0.107. The Morgan fingerprint density at radius 2 is 1.17 bits per heavy atom. The van der Waals surface area contributed by atoms with Crippen LogP contribution in [0.15, 0.2) is 91.0 Å². The Morgan fingerprint density at radius 1 is 0.738 bits per heavy atom. The molecule has 1 aliphatic heterocycles. The highest BCUT2D eigenvalue weighted by molar-refractivity contribution is 7.86. The molecule has 10 nitrogen and oxygen atoms in total. The molecule has 0 spiro atoms. The van der Waals surface area contributed by atoms with Crippen LogP contribution in [0.1, 0.15) is 23.6 Å². The lowest BCUT2D eigenvalue weighted by Gasteiger charge is -2.37. The third-order valence-corrected chi connectivity index (χ3v) is 7.98. The summed E-state index contributed by atoms with van der Waals surface area (Å²) in [5, 5.41) is 0. The second kappa shape index (κ2) is 13.7. The summed E-state index contributed by atoms with van der Waals surface area (Å²) in [5.41, 5.74) is 1.31. The standard InChI is InChI=1S/C30H36O10S2/c1-22(36-21-35-2)27-29(40-42(4,33)34)28(39-41(3,31)32)26(38-27)20-37-30(23-14-8-5-9-15-23,24-16-10-6-11-17-24)25-18-12-7-13-19-25/h5-19,22,26-29H,20-21H2,1-4H3/t22-,26+,27+,28+,29+/m0/s1. The molecule has 0 bridgehead atoms. The van der Waals surface area contributed by atoms with Crippen molar-refractivity contribution in [3.63, 3.8) is 0 Å². The molecule has 0 radical (unpaired) electrons. The minimum Gasteiger partial charge on any atom is -0.364 e. The molecule has 0 N–H and O–H groups in total. The molecule has 1 fully saturated rings. The smallest absolute Gasteiger partial charge is 0.264 e. The van der Waals surface area contributed by atoms with Gasteiger partial charge in [-0.1, -0.05) is 91.0 Å². The molecule has 0 aromatic heterocycles. The summed E-state index contributed by atoms with van der Waals surface area (Å²) in [4.78, 5) is 0. The van der Waals surface area contributed by atoms with Crippen molar-refractivity contribution in [2.45, 2.75) is 43.0 Å². The van der Waals surface area contributed by atoms with Crippen molar-refractivity contribution < 1.29 is 44.1 Å². The van der Waals surface area contributed by atoms with Crippen LogP contribution in [0.4, 0.5) is 0 Å². The molecule has 1 saturated heterocycles. The number of ether oxygens (including phenoxy) is 4. The van der Waals surface area contributed by atoms with Gasteiger partial charge in [0.15, 0.2) is 0 Å². The van der Waals surface area contributed by atoms with E-state index >= 15 is 0 Å². The Labute approximate surface area is 247 Å². The lowest BCUT2D eigenvalue weighted by atomic mass is 9.80. The maximum Gasteiger partial charge on any atom is 0.264 e. The molecule has 5 atom stereocenters. The van der Waals surface area contributed by atoms with Crippen LogP contribution < -0.4 is 0 Å². The molecule has 0 unspecified atom stereocenters. The third kappa shape index (κ3) is 7.82. The first-order valence-electron chi connectivity index (χ1n) is 13.3. The first-order valence-corrected chi connectivity index (χ1v) is 16.9. The Balaban J connectivity index is 1.80. The maximum absolute atomic E-state index is 12.4. The summed E-state index contributed by atoms with van der Waals surface area (Å²) in [6.45, 7) is 1.34. The molecule has 1 heterocycles. The molecule has 3 aromatic rings. The number of hydrogen-bond acceptors (Lipinski definition) is 10. The highest BCUT2D eigenvalue weighted by atomic mass is 32.2. The molecule has 228 valence electrons. The zero-order valence-electron chi connectivity index (χ0n) is 23.9. The molecule has 12 heteroatoms. The Morgan fingerprint density at radius 3 is 1.57 bits per heavy atom. The first kappa shape index (κ1) is 32.2. The van der Waals surface area contributed by atoms with Crippen molar-refractivity contribution >= 4 is 20.2 Å². The van der Waals surface area contributed by atoms with E-state index in [1.54, 1.807) is 6.92 Å². The third-order valence-electron chi connectivity index (χ3n) is 6.83. The van der Waals surface area contributed by atoms with Gasteiger partial charge in [-0.3, -0.25) is 8.37 Å². The second-order valence-electron chi connectivity index (χ2n) is 10.0. The zero-order valence-corrected chi connectivity index (χ0v) is 25.5. The van der Waals surface area contributed by atoms with E-state index in [-0.39, 0.29) is 13.4 Å². The van der Waals surface area contributed by atoms with Gasteiger partial charge >= 0.3 is 0 Å². The molecule has 42 heavy (non-hydrogen) atoms. The quantitative estimate of drug-likeness (QED) is 0.150. The molecule has 4 rings (SSSR count). The summed E-state index contributed by atoms with van der Waals surface area (Å²) in [7, 11) is -6.70. The van der Waals surface area contributed by atoms with Crippen LogP contribution >= 0.6 is 0 Å². The SMILES string of the molecule is COCO[C@@H](C)[C@H]1O[C@H](COC(c2ccccc2)(c2ccccc2)c2ccccc2)[C@@H](OS(C)(=O)=O)[C@@H]1OS(C)(=O)=O. The topological polar surface area (TPSA) is 124 Å². The van der Waals surface area contributed by atoms with Crippen molar-refractivity contribution in [2.24, 2.45) is 0 Å². The number of methoxy groups -OCH3 is 1. The van der Waals surface area contributed by atoms with E-state index < -0.39 is 56.4 Å². The lowest BCUT2D eigenvalue weighted by Crippen LogP contribution is -2.45. The predicted molar refractivity (Wildman–Crippen MR) is 156 cm³/mol. The van der Waals surface area contributed by atoms with E-state index in [2.05, 4.69) is 0 Å². The van der Waals surface area contributed by atoms with Gasteiger partial charge in [-0.15, -0.1) is 0 Å². The van der Waals surface area contributed by atoms with Gasteiger partial charge in [-0.25, -0.2) is 0 Å². The normalized spacial score (nSPS) is 22.2. The van der Waals surface area contributed by atoms with E-state index in [0.29, 0.717) is 0 Å². The average Bonchev–Trinajstić information content (AvgIpc) is 3.27. The molecular formula is C30H36O10S2. The molecular weight excluding hydrogens is 584 g/mol. The van der Waals surface area contributed by atoms with Crippen LogP contribution in [-0.2, 0) is 53.2 Å². The maximum atomic E-state index is 12.4. The van der Waals surface area contributed by atoms with Crippen molar-refractivity contribution in [3.05, 3.63) is 108 Å². The minimum atomic E-state index is -4.08. The van der Waals surface area contributed by atoms with Gasteiger partial charge in [0.25, 0.3) is 20.2 Å². The molecule has 3 aromatic carbocycles. The molecule has 0 amide bonds. The van der Waals surface area contributed by atoms with Gasteiger partial charge in [-0.05, 0) is 23.6 Å². The second-order valence-corrected chi connectivity index (χ2v) is 13.2. The van der Waals surface area contributed by atoms with Crippen molar-refractivity contribution in [1.29, 1.82) is 0 Å². The average molecular weight is 621 g/mol. The lowest BCUT2D eigenvalue weighted by molar-refractivity contribution is -0.140.